The number of nitrogens with one attached hydrogen (secondary N) is 1. The number of rotatable bonds is 4. The van der Waals surface area contributed by atoms with Crippen molar-refractivity contribution in [1.82, 2.24) is 5.59 Å². The summed E-state index contributed by atoms with van der Waals surface area (Å²) in [4.78, 5) is 18.1. The Labute approximate surface area is 107 Å². The van der Waals surface area contributed by atoms with Gasteiger partial charge in [0.25, 0.3) is 0 Å². The molecule has 0 radical (unpaired) electrons. The lowest BCUT2D eigenvalue weighted by molar-refractivity contribution is -0.151. The number of aryl methyl sites for hydroxylation is 1. The van der Waals surface area contributed by atoms with Crippen molar-refractivity contribution in [2.24, 2.45) is 5.84 Å². The third-order valence-corrected chi connectivity index (χ3v) is 3.39. The van der Waals surface area contributed by atoms with Crippen LogP contribution in [0.1, 0.15) is 25.3 Å². The van der Waals surface area contributed by atoms with Crippen LogP contribution < -0.4 is 16.3 Å². The van der Waals surface area contributed by atoms with Gasteiger partial charge in [0.2, 0.25) is 0 Å². The molecule has 1 unspecified atom stereocenters. The molecule has 98 valence electrons. The highest BCUT2D eigenvalue weighted by molar-refractivity contribution is 5.70. The molecule has 1 aliphatic rings. The molecule has 5 nitrogen and oxygen atoms in total. The van der Waals surface area contributed by atoms with E-state index in [0.29, 0.717) is 19.0 Å². The standard InChI is InChI=1S/C13H19N3O2/c1-10-6-7-11-4-2-3-5-12(11)16(10)9-8-13(17)18-15-14/h2-5,10,15H,6-9,14H2,1H3. The van der Waals surface area contributed by atoms with Crippen LogP contribution in [0.4, 0.5) is 5.69 Å². The summed E-state index contributed by atoms with van der Waals surface area (Å²) >= 11 is 0. The van der Waals surface area contributed by atoms with Gasteiger partial charge in [-0.1, -0.05) is 23.8 Å². The van der Waals surface area contributed by atoms with E-state index in [1.807, 2.05) is 11.7 Å². The van der Waals surface area contributed by atoms with Gasteiger partial charge in [-0.2, -0.15) is 0 Å². The molecule has 1 atom stereocenters. The molecule has 0 aliphatic carbocycles. The Bertz CT molecular complexity index is 422. The fraction of sp³-hybridized carbons (Fsp3) is 0.462. The molecule has 1 aliphatic heterocycles. The fourth-order valence-corrected chi connectivity index (χ4v) is 2.43. The van der Waals surface area contributed by atoms with Crippen molar-refractivity contribution in [1.29, 1.82) is 0 Å². The zero-order chi connectivity index (χ0) is 13.0. The van der Waals surface area contributed by atoms with Gasteiger partial charge in [0.1, 0.15) is 0 Å². The number of hydrogen-bond acceptors (Lipinski definition) is 5. The maximum Gasteiger partial charge on any atom is 0.328 e. The number of anilines is 1. The molecule has 5 heteroatoms. The molecule has 3 N–H and O–H groups in total. The van der Waals surface area contributed by atoms with E-state index < -0.39 is 0 Å². The van der Waals surface area contributed by atoms with Crippen molar-refractivity contribution < 1.29 is 9.63 Å². The van der Waals surface area contributed by atoms with Gasteiger partial charge in [-0.15, -0.1) is 0 Å². The molecule has 0 bridgehead atoms. The van der Waals surface area contributed by atoms with Crippen LogP contribution in [0.2, 0.25) is 0 Å². The minimum Gasteiger partial charge on any atom is -0.368 e. The van der Waals surface area contributed by atoms with Crippen LogP contribution in [0.3, 0.4) is 0 Å². The number of fused-ring (bicyclic) bond motifs is 1. The molecular formula is C13H19N3O2. The van der Waals surface area contributed by atoms with Gasteiger partial charge in [-0.05, 0) is 31.4 Å². The van der Waals surface area contributed by atoms with Crippen molar-refractivity contribution >= 4 is 11.7 Å². The van der Waals surface area contributed by atoms with Crippen LogP contribution in [0.5, 0.6) is 0 Å². The van der Waals surface area contributed by atoms with E-state index in [9.17, 15) is 4.79 Å². The Morgan fingerprint density at radius 2 is 2.33 bits per heavy atom. The van der Waals surface area contributed by atoms with E-state index in [2.05, 4.69) is 34.9 Å². The van der Waals surface area contributed by atoms with Crippen molar-refractivity contribution in [3.8, 4) is 0 Å². The minimum absolute atomic E-state index is 0.322. The molecule has 0 saturated carbocycles. The molecule has 18 heavy (non-hydrogen) atoms. The first-order chi connectivity index (χ1) is 8.72. The average molecular weight is 249 g/mol. The highest BCUT2D eigenvalue weighted by Crippen LogP contribution is 2.30. The lowest BCUT2D eigenvalue weighted by atomic mass is 9.96. The molecule has 0 fully saturated rings. The quantitative estimate of drug-likeness (QED) is 0.618. The van der Waals surface area contributed by atoms with Crippen molar-refractivity contribution in [2.75, 3.05) is 11.4 Å². The Morgan fingerprint density at radius 3 is 3.11 bits per heavy atom. The summed E-state index contributed by atoms with van der Waals surface area (Å²) in [7, 11) is 0. The van der Waals surface area contributed by atoms with Gasteiger partial charge in [0.05, 0.1) is 6.42 Å². The molecular weight excluding hydrogens is 230 g/mol. The summed E-state index contributed by atoms with van der Waals surface area (Å²) in [6.45, 7) is 2.83. The predicted molar refractivity (Wildman–Crippen MR) is 69.6 cm³/mol. The number of nitrogens with two attached hydrogens (primary N) is 1. The summed E-state index contributed by atoms with van der Waals surface area (Å²) in [5.41, 5.74) is 4.49. The zero-order valence-corrected chi connectivity index (χ0v) is 10.6. The first kappa shape index (κ1) is 12.9. The van der Waals surface area contributed by atoms with Crippen LogP contribution in [0, 0.1) is 0 Å². The Hall–Kier alpha value is -1.59. The zero-order valence-electron chi connectivity index (χ0n) is 10.6. The third-order valence-electron chi connectivity index (χ3n) is 3.39. The molecule has 0 amide bonds. The lowest BCUT2D eigenvalue weighted by Crippen LogP contribution is -2.39. The van der Waals surface area contributed by atoms with Gasteiger partial charge in [0.15, 0.2) is 0 Å². The smallest absolute Gasteiger partial charge is 0.328 e. The SMILES string of the molecule is CC1CCc2ccccc2N1CCC(=O)ONN. The Kier molecular flexibility index (Phi) is 4.17. The highest BCUT2D eigenvalue weighted by Gasteiger charge is 2.23. The Balaban J connectivity index is 2.05. The summed E-state index contributed by atoms with van der Waals surface area (Å²) in [5, 5.41) is 0. The second-order valence-electron chi connectivity index (χ2n) is 4.55. The molecule has 1 aromatic carbocycles. The van der Waals surface area contributed by atoms with Crippen LogP contribution >= 0.6 is 0 Å². The van der Waals surface area contributed by atoms with Crippen molar-refractivity contribution in [2.45, 2.75) is 32.2 Å². The van der Waals surface area contributed by atoms with Crippen LogP contribution in [0.15, 0.2) is 24.3 Å². The van der Waals surface area contributed by atoms with Crippen LogP contribution in [-0.2, 0) is 16.1 Å². The van der Waals surface area contributed by atoms with E-state index in [1.165, 1.54) is 11.3 Å². The monoisotopic (exact) mass is 249 g/mol. The maximum absolute atomic E-state index is 11.3. The number of carbonyl (C=O) groups is 1. The van der Waals surface area contributed by atoms with E-state index >= 15 is 0 Å². The Morgan fingerprint density at radius 1 is 1.56 bits per heavy atom. The number of nitrogens with zero attached hydrogens (tertiary/aromatic N) is 1. The maximum atomic E-state index is 11.3. The number of hydrogen-bond donors (Lipinski definition) is 2. The lowest BCUT2D eigenvalue weighted by Gasteiger charge is -2.36. The normalized spacial score (nSPS) is 18.3. The van der Waals surface area contributed by atoms with Gasteiger partial charge < -0.3 is 9.74 Å². The van der Waals surface area contributed by atoms with Crippen LogP contribution in [-0.4, -0.2) is 18.6 Å². The number of hydrazine groups is 1. The van der Waals surface area contributed by atoms with Crippen molar-refractivity contribution in [3.63, 3.8) is 0 Å². The summed E-state index contributed by atoms with van der Waals surface area (Å²) in [5.74, 6) is 4.60. The summed E-state index contributed by atoms with van der Waals surface area (Å²) in [6, 6.07) is 8.79. The average Bonchev–Trinajstić information content (AvgIpc) is 2.38. The van der Waals surface area contributed by atoms with Gasteiger partial charge >= 0.3 is 5.97 Å². The molecule has 1 aromatic rings. The van der Waals surface area contributed by atoms with Crippen molar-refractivity contribution in [3.05, 3.63) is 29.8 Å². The number of para-hydroxylation sites is 1. The fourth-order valence-electron chi connectivity index (χ4n) is 2.43. The first-order valence-electron chi connectivity index (χ1n) is 6.22. The third kappa shape index (κ3) is 2.80. The second-order valence-corrected chi connectivity index (χ2v) is 4.55. The number of carbonyl (C=O) groups excluding carboxylic acids is 1. The minimum atomic E-state index is -0.340. The summed E-state index contributed by atoms with van der Waals surface area (Å²) in [6.07, 6.45) is 2.53. The van der Waals surface area contributed by atoms with E-state index in [-0.39, 0.29) is 5.97 Å². The van der Waals surface area contributed by atoms with Crippen LogP contribution in [0.25, 0.3) is 0 Å². The van der Waals surface area contributed by atoms with Gasteiger partial charge in [-0.3, -0.25) is 4.79 Å². The molecule has 0 saturated heterocycles. The number of benzene rings is 1. The summed E-state index contributed by atoms with van der Waals surface area (Å²) < 4.78 is 0. The molecule has 2 rings (SSSR count). The predicted octanol–water partition coefficient (Wildman–Crippen LogP) is 1.14. The van der Waals surface area contributed by atoms with Gasteiger partial charge in [-0.25, -0.2) is 5.84 Å². The van der Waals surface area contributed by atoms with Gasteiger partial charge in [0, 0.05) is 18.3 Å². The first-order valence-corrected chi connectivity index (χ1v) is 6.22. The van der Waals surface area contributed by atoms with E-state index in [4.69, 9.17) is 5.84 Å². The molecule has 0 spiro atoms. The highest BCUT2D eigenvalue weighted by atomic mass is 16.7. The molecule has 0 aromatic heterocycles. The molecule has 1 heterocycles. The topological polar surface area (TPSA) is 67.6 Å². The largest absolute Gasteiger partial charge is 0.368 e. The second kappa shape index (κ2) is 5.84. The van der Waals surface area contributed by atoms with E-state index in [0.717, 1.165) is 12.8 Å². The van der Waals surface area contributed by atoms with E-state index in [1.54, 1.807) is 0 Å².